The Morgan fingerprint density at radius 2 is 0.875 bits per heavy atom. The Morgan fingerprint density at radius 3 is 1.21 bits per heavy atom. The van der Waals surface area contributed by atoms with Crippen LogP contribution in [0.4, 0.5) is 4.39 Å². The summed E-state index contributed by atoms with van der Waals surface area (Å²) >= 11 is 0. The van der Waals surface area contributed by atoms with Gasteiger partial charge in [-0.15, -0.1) is 5.06 Å². The maximum absolute atomic E-state index is 14.3. The molecule has 3 aromatic carbocycles. The van der Waals surface area contributed by atoms with Crippen molar-refractivity contribution in [2.45, 2.75) is 201 Å². The zero-order chi connectivity index (χ0) is 84.2. The number of alkyl halides is 1. The molecular formula is C81H122FN7O23. The number of ether oxygens (including phenoxy) is 2. The number of carboxylic acids is 2. The minimum atomic E-state index is -1.27. The van der Waals surface area contributed by atoms with Crippen LogP contribution < -0.4 is 16.0 Å². The van der Waals surface area contributed by atoms with Gasteiger partial charge in [-0.25, -0.2) is 14.4 Å². The third-order valence-electron chi connectivity index (χ3n) is 19.3. The number of benzene rings is 3. The second-order valence-corrected chi connectivity index (χ2v) is 27.6. The molecular weight excluding hydrogens is 1460 g/mol. The number of rotatable bonds is 34. The fourth-order valence-corrected chi connectivity index (χ4v) is 12.8. The summed E-state index contributed by atoms with van der Waals surface area (Å²) in [4.78, 5) is 172. The number of phenolic OH excluding ortho intramolecular Hbond substituents is 3. The molecule has 3 heterocycles. The molecule has 0 bridgehead atoms. The van der Waals surface area contributed by atoms with Gasteiger partial charge in [-0.1, -0.05) is 89.8 Å². The fraction of sp³-hybridized carbons (Fsp3) is 0.617. The zero-order valence-electron chi connectivity index (χ0n) is 67.0. The Morgan fingerprint density at radius 1 is 0.527 bits per heavy atom. The van der Waals surface area contributed by atoms with Gasteiger partial charge in [0.1, 0.15) is 54.1 Å². The minimum Gasteiger partial charge on any atom is -0.508 e. The number of amides is 6. The van der Waals surface area contributed by atoms with Crippen LogP contribution in [0.3, 0.4) is 0 Å². The summed E-state index contributed by atoms with van der Waals surface area (Å²) in [5, 5.41) is 74.4. The average Bonchev–Trinajstić information content (AvgIpc) is 1.13. The number of hydrogen-bond donors (Lipinski definition) is 10. The van der Waals surface area contributed by atoms with E-state index in [9.17, 15) is 92.3 Å². The average molecular weight is 1580 g/mol. The maximum Gasteiger partial charge on any atom is 0.358 e. The van der Waals surface area contributed by atoms with Crippen molar-refractivity contribution in [1.82, 2.24) is 35.7 Å². The Bertz CT molecular complexity index is 3370. The van der Waals surface area contributed by atoms with Crippen LogP contribution in [0.25, 0.3) is 0 Å². The van der Waals surface area contributed by atoms with Crippen molar-refractivity contribution in [2.24, 2.45) is 23.7 Å². The molecule has 6 amide bonds. The molecule has 30 nitrogen and oxygen atoms in total. The first-order valence-corrected chi connectivity index (χ1v) is 38.8. The fourth-order valence-electron chi connectivity index (χ4n) is 12.8. The molecule has 6 rings (SSSR count). The van der Waals surface area contributed by atoms with Gasteiger partial charge in [-0.2, -0.15) is 0 Å². The van der Waals surface area contributed by atoms with Crippen LogP contribution in [0.5, 0.6) is 17.2 Å². The number of halogens is 1. The number of aliphatic hydroxyl groups excluding tert-OH is 2. The lowest BCUT2D eigenvalue weighted by atomic mass is 9.82. The normalized spacial score (nSPS) is 18.1. The van der Waals surface area contributed by atoms with Crippen molar-refractivity contribution in [2.75, 3.05) is 99.2 Å². The lowest BCUT2D eigenvalue weighted by Gasteiger charge is -2.27. The number of ketones is 4. The van der Waals surface area contributed by atoms with Gasteiger partial charge in [0, 0.05) is 135 Å². The minimum absolute atomic E-state index is 0.0130. The van der Waals surface area contributed by atoms with Gasteiger partial charge in [0.2, 0.25) is 35.2 Å². The maximum atomic E-state index is 14.3. The number of aliphatic hydroxyl groups is 2. The van der Waals surface area contributed by atoms with E-state index in [4.69, 9.17) is 21.1 Å². The first kappa shape index (κ1) is 97.1. The molecule has 3 aliphatic heterocycles. The molecule has 0 aromatic heterocycles. The molecule has 7 atom stereocenters. The lowest BCUT2D eigenvalue weighted by molar-refractivity contribution is -0.200. The highest BCUT2D eigenvalue weighted by Gasteiger charge is 2.36. The van der Waals surface area contributed by atoms with E-state index in [1.807, 2.05) is 11.8 Å². The Labute approximate surface area is 658 Å². The molecule has 10 N–H and O–H groups in total. The van der Waals surface area contributed by atoms with Gasteiger partial charge in [0.05, 0.1) is 14.6 Å². The first-order chi connectivity index (χ1) is 54.0. The van der Waals surface area contributed by atoms with E-state index in [1.54, 1.807) is 48.2 Å². The first-order valence-electron chi connectivity index (χ1n) is 39.5. The predicted octanol–water partition coefficient (Wildman–Crippen LogP) is 6.58. The van der Waals surface area contributed by atoms with Crippen molar-refractivity contribution in [3.05, 3.63) is 89.5 Å². The number of aromatic hydroxyl groups is 3. The van der Waals surface area contributed by atoms with Gasteiger partial charge in [-0.05, 0) is 150 Å². The summed E-state index contributed by atoms with van der Waals surface area (Å²) < 4.78 is 25.6. The summed E-state index contributed by atoms with van der Waals surface area (Å²) in [6, 6.07) is 14.9. The molecule has 3 saturated heterocycles. The number of hydroxylamine groups is 2. The number of phenols is 3. The van der Waals surface area contributed by atoms with Crippen LogP contribution >= 0.6 is 0 Å². The molecule has 2 unspecified atom stereocenters. The van der Waals surface area contributed by atoms with E-state index in [2.05, 4.69) is 46.5 Å². The molecule has 3 aliphatic rings. The monoisotopic (exact) mass is 1580 g/mol. The number of carbonyl (C=O) groups excluding carboxylic acids is 11. The number of aliphatic carboxylic acids is 2. The van der Waals surface area contributed by atoms with Gasteiger partial charge in [0.15, 0.2) is 0 Å². The molecule has 3 aromatic rings. The number of imide groups is 1. The van der Waals surface area contributed by atoms with E-state index in [1.165, 1.54) is 63.0 Å². The van der Waals surface area contributed by atoms with Gasteiger partial charge in [-0.3, -0.25) is 52.3 Å². The summed E-state index contributed by atoms with van der Waals surface area (Å²) in [6.45, 7) is 16.9. The number of carboxylic acid groups (broad SMARTS) is 2. The Balaban J connectivity index is 0.000000608. The van der Waals surface area contributed by atoms with E-state index in [0.29, 0.717) is 112 Å². The highest BCUT2D eigenvalue weighted by Crippen LogP contribution is 2.28. The highest BCUT2D eigenvalue weighted by molar-refractivity contribution is 6.39. The zero-order valence-corrected chi connectivity index (χ0v) is 66.0. The molecule has 0 radical (unpaired) electrons. The van der Waals surface area contributed by atoms with Crippen LogP contribution in [-0.4, -0.2) is 249 Å². The largest absolute Gasteiger partial charge is 0.508 e. The van der Waals surface area contributed by atoms with Crippen molar-refractivity contribution in [1.29, 1.82) is 0 Å². The number of nitrogens with one attached hydrogen (secondary N) is 3. The highest BCUT2D eigenvalue weighted by atomic mass is 19.1. The van der Waals surface area contributed by atoms with E-state index in [-0.39, 0.29) is 131 Å². The molecule has 626 valence electrons. The molecule has 0 spiro atoms. The summed E-state index contributed by atoms with van der Waals surface area (Å²) in [5.74, 6) is -8.83. The number of nitrogens with zero attached hydrogens (tertiary/aromatic N) is 4. The SMILES string of the molecule is CC(=O)N1CCCCC(CC(=O)N[C@@H](Cc2ccc(O)cc2)C(=O)O)C(=O)[C@@H](CN[C@@H](Cc2ccc(O)cc2)C(=O)C(=O)COCCCO)CCCC1.CCN(CC)CC.CC[C@H]1CCCCN(C(C)=O)CCCCC(CC(=O)N[C@@H](Cc2ccc(O)cc2)C(=O)O)C1=O.O=C(COCCCO)ON1C(=O)CCC1=O.[2H]CF. The second kappa shape index (κ2) is 57.0. The van der Waals surface area contributed by atoms with Crippen molar-refractivity contribution < 1.29 is 118 Å². The molecule has 0 aliphatic carbocycles. The molecule has 0 saturated carbocycles. The summed E-state index contributed by atoms with van der Waals surface area (Å²) in [6.07, 6.45) is 8.91. The van der Waals surface area contributed by atoms with Crippen LogP contribution in [0, 0.1) is 23.7 Å². The number of carbonyl (C=O) groups is 13. The van der Waals surface area contributed by atoms with E-state index < -0.39 is 103 Å². The molecule has 31 heteroatoms. The topological polar surface area (TPSA) is 440 Å². The molecule has 3 fully saturated rings. The lowest BCUT2D eigenvalue weighted by Crippen LogP contribution is -2.47. The number of Topliss-reactive ketones (excluding diaryl/α,β-unsaturated/α-hetero) is 4. The van der Waals surface area contributed by atoms with Crippen LogP contribution in [0.15, 0.2) is 72.8 Å². The van der Waals surface area contributed by atoms with Crippen LogP contribution in [0.2, 0.25) is 0 Å². The van der Waals surface area contributed by atoms with Gasteiger partial charge < -0.3 is 80.7 Å². The molecule has 112 heavy (non-hydrogen) atoms. The standard InChI is InChI=1S/C39H53N3O11.C26H38N2O6.C9H13NO6.C6H15N.CH3F/c1-26(44)42-17-4-2-7-29(23-36(48)41-34(39(51)52)22-28-11-15-32(46)16-12-28)37(49)30(8-3-5-18-42)24-40-33(21-27-9-13-31(45)14-10-27)38(50)35(47)25-53-20-6-19-43;1-3-20-8-4-6-14-28(18(2)29)15-7-5-9-21(25(20)32)17-24(31)27-23(26(33)34)16-19-10-12-22(30)13-11-19;11-4-1-5-15-6-9(14)16-10-7(12)2-3-8(10)13;1-4-7(5-2)6-3;1-2/h9-16,29-30,33-34,40,43,45-46H,2-8,17-25H2,1H3,(H,41,48)(H,51,52);10-13,20-21,23,30H,3-9,14-17H2,1-2H3,(H,27,31)(H,33,34);11H,1-6H2;4-6H2,1-3H3;1H3/t29?,30-,33+,34+;20-,21?,23-;;;/m10.../s1/i;;;;1D. The van der Waals surface area contributed by atoms with Gasteiger partial charge >= 0.3 is 17.9 Å². The van der Waals surface area contributed by atoms with E-state index in [0.717, 1.165) is 32.1 Å². The third-order valence-corrected chi connectivity index (χ3v) is 19.3. The van der Waals surface area contributed by atoms with Crippen molar-refractivity contribution in [3.63, 3.8) is 0 Å². The van der Waals surface area contributed by atoms with Crippen molar-refractivity contribution in [3.8, 4) is 17.2 Å². The predicted molar refractivity (Wildman–Crippen MR) is 412 cm³/mol. The third kappa shape index (κ3) is 39.9. The number of hydrogen-bond acceptors (Lipinski definition) is 23. The summed E-state index contributed by atoms with van der Waals surface area (Å²) in [7, 11) is -1.00. The van der Waals surface area contributed by atoms with Gasteiger partial charge in [0.25, 0.3) is 11.8 Å². The Hall–Kier alpha value is -9.14. The van der Waals surface area contributed by atoms with Crippen LogP contribution in [-0.2, 0) is 95.9 Å². The van der Waals surface area contributed by atoms with Crippen LogP contribution in [0.1, 0.15) is 182 Å². The second-order valence-electron chi connectivity index (χ2n) is 27.6. The summed E-state index contributed by atoms with van der Waals surface area (Å²) in [5.41, 5.74) is 1.92. The smallest absolute Gasteiger partial charge is 0.358 e. The quantitative estimate of drug-likeness (QED) is 0.0171. The van der Waals surface area contributed by atoms with E-state index >= 15 is 0 Å². The Kier molecular flexibility index (Phi) is 49.4. The van der Waals surface area contributed by atoms with Crippen molar-refractivity contribution >= 4 is 76.5 Å².